The monoisotopic (exact) mass is 343 g/mol. The molecule has 0 aliphatic rings. The highest BCUT2D eigenvalue weighted by molar-refractivity contribution is 9.10. The van der Waals surface area contributed by atoms with Crippen LogP contribution >= 0.6 is 15.9 Å². The topological polar surface area (TPSA) is 97.6 Å². The lowest BCUT2D eigenvalue weighted by atomic mass is 10.1. The summed E-state index contributed by atoms with van der Waals surface area (Å²) in [6, 6.07) is 11.4. The zero-order valence-corrected chi connectivity index (χ0v) is 12.3. The molecule has 1 amide bonds. The molecular formula is C14H10BrN5O. The van der Waals surface area contributed by atoms with Gasteiger partial charge in [0.05, 0.1) is 5.69 Å². The lowest BCUT2D eigenvalue weighted by Crippen LogP contribution is -2.12. The molecular weight excluding hydrogens is 334 g/mol. The molecule has 1 aromatic carbocycles. The lowest BCUT2D eigenvalue weighted by Gasteiger charge is -2.03. The van der Waals surface area contributed by atoms with E-state index >= 15 is 0 Å². The first-order chi connectivity index (χ1) is 10.1. The third-order valence-corrected chi connectivity index (χ3v) is 3.43. The van der Waals surface area contributed by atoms with E-state index in [9.17, 15) is 4.79 Å². The van der Waals surface area contributed by atoms with Gasteiger partial charge in [-0.25, -0.2) is 0 Å². The van der Waals surface area contributed by atoms with Gasteiger partial charge in [0.2, 0.25) is 0 Å². The molecule has 7 heteroatoms. The molecule has 0 unspecified atom stereocenters. The molecule has 6 nitrogen and oxygen atoms in total. The summed E-state index contributed by atoms with van der Waals surface area (Å²) in [7, 11) is 0. The summed E-state index contributed by atoms with van der Waals surface area (Å²) in [5, 5.41) is 10.1. The molecule has 0 bridgehead atoms. The highest BCUT2D eigenvalue weighted by Gasteiger charge is 2.14. The third-order valence-electron chi connectivity index (χ3n) is 2.96. The van der Waals surface area contributed by atoms with E-state index in [1.165, 1.54) is 0 Å². The van der Waals surface area contributed by atoms with Crippen LogP contribution in [0.1, 0.15) is 10.5 Å². The van der Waals surface area contributed by atoms with Crippen LogP contribution in [0.5, 0.6) is 0 Å². The molecule has 0 atom stereocenters. The van der Waals surface area contributed by atoms with E-state index in [4.69, 9.17) is 5.73 Å². The first-order valence-electron chi connectivity index (χ1n) is 6.08. The summed E-state index contributed by atoms with van der Waals surface area (Å²) in [4.78, 5) is 15.6. The number of aromatic nitrogens is 4. The Balaban J connectivity index is 1.95. The van der Waals surface area contributed by atoms with E-state index in [1.54, 1.807) is 6.20 Å². The van der Waals surface area contributed by atoms with E-state index in [-0.39, 0.29) is 5.69 Å². The number of carbonyl (C=O) groups is 1. The van der Waals surface area contributed by atoms with Crippen molar-refractivity contribution in [3.8, 4) is 22.5 Å². The van der Waals surface area contributed by atoms with E-state index in [0.717, 1.165) is 21.3 Å². The number of halogens is 1. The second-order valence-electron chi connectivity index (χ2n) is 4.32. The number of H-pyrrole nitrogens is 1. The van der Waals surface area contributed by atoms with Gasteiger partial charge in [0.15, 0.2) is 5.69 Å². The Bertz CT molecular complexity index is 780. The minimum absolute atomic E-state index is 0.129. The molecule has 3 rings (SSSR count). The summed E-state index contributed by atoms with van der Waals surface area (Å²) in [6.45, 7) is 0. The molecule has 0 aliphatic heterocycles. The number of primary amides is 1. The van der Waals surface area contributed by atoms with Crippen molar-refractivity contribution < 1.29 is 4.79 Å². The van der Waals surface area contributed by atoms with E-state index in [2.05, 4.69) is 36.3 Å². The van der Waals surface area contributed by atoms with Gasteiger partial charge < -0.3 is 5.73 Å². The first kappa shape index (κ1) is 13.4. The summed E-state index contributed by atoms with van der Waals surface area (Å²) in [5.41, 5.74) is 8.42. The Labute approximate surface area is 128 Å². The molecule has 0 saturated heterocycles. The maximum absolute atomic E-state index is 11.3. The van der Waals surface area contributed by atoms with Crippen molar-refractivity contribution in [1.82, 2.24) is 20.4 Å². The second-order valence-corrected chi connectivity index (χ2v) is 5.24. The normalized spacial score (nSPS) is 10.5. The van der Waals surface area contributed by atoms with Crippen LogP contribution in [0.15, 0.2) is 47.1 Å². The summed E-state index contributed by atoms with van der Waals surface area (Å²) >= 11 is 3.35. The van der Waals surface area contributed by atoms with Crippen LogP contribution in [0.25, 0.3) is 22.5 Å². The van der Waals surface area contributed by atoms with Crippen LogP contribution in [0.4, 0.5) is 0 Å². The fraction of sp³-hybridized carbons (Fsp3) is 0. The molecule has 2 aromatic heterocycles. The zero-order valence-electron chi connectivity index (χ0n) is 10.7. The predicted octanol–water partition coefficient (Wildman–Crippen LogP) is 2.40. The number of hydrogen-bond acceptors (Lipinski definition) is 4. The maximum atomic E-state index is 11.3. The van der Waals surface area contributed by atoms with Gasteiger partial charge in [-0.3, -0.25) is 9.78 Å². The van der Waals surface area contributed by atoms with Gasteiger partial charge >= 0.3 is 0 Å². The van der Waals surface area contributed by atoms with E-state index in [1.807, 2.05) is 36.4 Å². The van der Waals surface area contributed by atoms with Crippen molar-refractivity contribution in [3.63, 3.8) is 0 Å². The minimum Gasteiger partial charge on any atom is -0.364 e. The second kappa shape index (κ2) is 5.45. The van der Waals surface area contributed by atoms with Crippen molar-refractivity contribution in [2.24, 2.45) is 5.73 Å². The van der Waals surface area contributed by atoms with Crippen LogP contribution in [0.2, 0.25) is 0 Å². The summed E-state index contributed by atoms with van der Waals surface area (Å²) in [6.07, 6.45) is 1.74. The number of aromatic amines is 1. The van der Waals surface area contributed by atoms with Crippen molar-refractivity contribution in [2.75, 3.05) is 0 Å². The standard InChI is InChI=1S/C14H10BrN5O/c15-10-5-6-11(17-7-10)8-1-3-9(4-2-8)12-13(14(16)21)19-20-18-12/h1-7H,(H2,16,21)(H,18,19,20). The van der Waals surface area contributed by atoms with Crippen LogP contribution in [-0.2, 0) is 0 Å². The fourth-order valence-corrected chi connectivity index (χ4v) is 2.18. The Hall–Kier alpha value is -2.54. The summed E-state index contributed by atoms with van der Waals surface area (Å²) in [5.74, 6) is -0.614. The van der Waals surface area contributed by atoms with Crippen LogP contribution in [0.3, 0.4) is 0 Å². The van der Waals surface area contributed by atoms with E-state index in [0.29, 0.717) is 5.69 Å². The third kappa shape index (κ3) is 2.68. The fourth-order valence-electron chi connectivity index (χ4n) is 1.95. The number of hydrogen-bond donors (Lipinski definition) is 2. The van der Waals surface area contributed by atoms with Gasteiger partial charge in [-0.1, -0.05) is 24.3 Å². The molecule has 2 heterocycles. The number of benzene rings is 1. The molecule has 3 aromatic rings. The quantitative estimate of drug-likeness (QED) is 0.762. The van der Waals surface area contributed by atoms with Crippen molar-refractivity contribution in [3.05, 3.63) is 52.8 Å². The maximum Gasteiger partial charge on any atom is 0.271 e. The van der Waals surface area contributed by atoms with Gasteiger partial charge in [-0.15, -0.1) is 0 Å². The van der Waals surface area contributed by atoms with Crippen LogP contribution in [0, 0.1) is 0 Å². The summed E-state index contributed by atoms with van der Waals surface area (Å²) < 4.78 is 0.927. The number of carbonyl (C=O) groups excluding carboxylic acids is 1. The average molecular weight is 344 g/mol. The number of rotatable bonds is 3. The molecule has 104 valence electrons. The van der Waals surface area contributed by atoms with Crippen LogP contribution in [-0.4, -0.2) is 26.3 Å². The highest BCUT2D eigenvalue weighted by Crippen LogP contribution is 2.24. The van der Waals surface area contributed by atoms with Gasteiger partial charge in [-0.05, 0) is 28.1 Å². The molecule has 0 saturated carbocycles. The van der Waals surface area contributed by atoms with Gasteiger partial charge in [0, 0.05) is 21.8 Å². The number of nitrogens with one attached hydrogen (secondary N) is 1. The van der Waals surface area contributed by atoms with E-state index < -0.39 is 5.91 Å². The Morgan fingerprint density at radius 3 is 2.38 bits per heavy atom. The van der Waals surface area contributed by atoms with Gasteiger partial charge in [0.1, 0.15) is 5.69 Å². The predicted molar refractivity (Wildman–Crippen MR) is 81.3 cm³/mol. The highest BCUT2D eigenvalue weighted by atomic mass is 79.9. The molecule has 21 heavy (non-hydrogen) atoms. The van der Waals surface area contributed by atoms with Gasteiger partial charge in [0.25, 0.3) is 5.91 Å². The smallest absolute Gasteiger partial charge is 0.271 e. The number of pyridine rings is 1. The number of amides is 1. The zero-order chi connectivity index (χ0) is 14.8. The number of nitrogens with zero attached hydrogens (tertiary/aromatic N) is 3. The van der Waals surface area contributed by atoms with Crippen molar-refractivity contribution in [2.45, 2.75) is 0 Å². The van der Waals surface area contributed by atoms with Crippen molar-refractivity contribution in [1.29, 1.82) is 0 Å². The molecule has 0 radical (unpaired) electrons. The van der Waals surface area contributed by atoms with Gasteiger partial charge in [-0.2, -0.15) is 15.4 Å². The SMILES string of the molecule is NC(=O)c1n[nH]nc1-c1ccc(-c2ccc(Br)cn2)cc1. The largest absolute Gasteiger partial charge is 0.364 e. The molecule has 0 aliphatic carbocycles. The molecule has 3 N–H and O–H groups in total. The minimum atomic E-state index is -0.614. The molecule has 0 fully saturated rings. The average Bonchev–Trinajstić information content (AvgIpc) is 2.98. The number of nitrogens with two attached hydrogens (primary N) is 1. The van der Waals surface area contributed by atoms with Crippen LogP contribution < -0.4 is 5.73 Å². The first-order valence-corrected chi connectivity index (χ1v) is 6.87. The Morgan fingerprint density at radius 2 is 1.76 bits per heavy atom. The Kier molecular flexibility index (Phi) is 3.49. The Morgan fingerprint density at radius 1 is 1.05 bits per heavy atom. The van der Waals surface area contributed by atoms with Crippen molar-refractivity contribution >= 4 is 21.8 Å². The lowest BCUT2D eigenvalue weighted by molar-refractivity contribution is 0.0996. The molecule has 0 spiro atoms.